The summed E-state index contributed by atoms with van der Waals surface area (Å²) in [4.78, 5) is 9.14. The molecule has 176 valence electrons. The van der Waals surface area contributed by atoms with Crippen LogP contribution in [-0.4, -0.2) is 16.1 Å². The highest BCUT2D eigenvalue weighted by Crippen LogP contribution is 2.45. The van der Waals surface area contributed by atoms with Crippen LogP contribution in [0.2, 0.25) is 0 Å². The molecule has 1 fully saturated rings. The second kappa shape index (κ2) is 8.37. The lowest BCUT2D eigenvalue weighted by Crippen LogP contribution is -2.17. The van der Waals surface area contributed by atoms with Gasteiger partial charge in [0.2, 0.25) is 0 Å². The van der Waals surface area contributed by atoms with Gasteiger partial charge in [0.25, 0.3) is 0 Å². The molecule has 1 heterocycles. The van der Waals surface area contributed by atoms with Crippen LogP contribution >= 0.6 is 0 Å². The van der Waals surface area contributed by atoms with Crippen molar-refractivity contribution in [1.82, 2.24) is 9.97 Å². The van der Waals surface area contributed by atoms with Crippen molar-refractivity contribution < 1.29 is 13.2 Å². The van der Waals surface area contributed by atoms with E-state index in [1.54, 1.807) is 6.33 Å². The summed E-state index contributed by atoms with van der Waals surface area (Å²) >= 11 is 0. The van der Waals surface area contributed by atoms with E-state index in [1.807, 2.05) is 24.3 Å². The minimum atomic E-state index is -4.12. The maximum atomic E-state index is 13.1. The average molecular weight is 463 g/mol. The van der Waals surface area contributed by atoms with Gasteiger partial charge < -0.3 is 0 Å². The summed E-state index contributed by atoms with van der Waals surface area (Å²) in [6, 6.07) is 18.7. The second-order valence-corrected chi connectivity index (χ2v) is 10.6. The van der Waals surface area contributed by atoms with Gasteiger partial charge in [-0.3, -0.25) is 0 Å². The number of rotatable bonds is 3. The Morgan fingerprint density at radius 1 is 0.882 bits per heavy atom. The summed E-state index contributed by atoms with van der Waals surface area (Å²) in [6.07, 6.45) is -1.01. The van der Waals surface area contributed by atoms with Gasteiger partial charge in [-0.1, -0.05) is 63.6 Å². The predicted molar refractivity (Wildman–Crippen MR) is 132 cm³/mol. The molecule has 1 aliphatic rings. The van der Waals surface area contributed by atoms with Crippen LogP contribution in [-0.2, 0) is 5.41 Å². The molecule has 2 nitrogen and oxygen atoms in total. The molecule has 5 heteroatoms. The molecule has 34 heavy (non-hydrogen) atoms. The van der Waals surface area contributed by atoms with Crippen molar-refractivity contribution in [3.63, 3.8) is 0 Å². The summed E-state index contributed by atoms with van der Waals surface area (Å²) < 4.78 is 39.3. The molecule has 0 spiro atoms. The van der Waals surface area contributed by atoms with Gasteiger partial charge in [0.05, 0.1) is 11.2 Å². The Hall–Kier alpha value is -2.95. The van der Waals surface area contributed by atoms with Crippen molar-refractivity contribution in [2.24, 2.45) is 5.92 Å². The van der Waals surface area contributed by atoms with Crippen LogP contribution in [0.15, 0.2) is 60.9 Å². The third kappa shape index (κ3) is 4.40. The van der Waals surface area contributed by atoms with Crippen molar-refractivity contribution in [3.8, 4) is 11.3 Å². The Morgan fingerprint density at radius 3 is 2.44 bits per heavy atom. The minimum absolute atomic E-state index is 0.0401. The molecule has 1 aromatic heterocycles. The highest BCUT2D eigenvalue weighted by atomic mass is 19.4. The van der Waals surface area contributed by atoms with Crippen LogP contribution in [0, 0.1) is 5.92 Å². The third-order valence-corrected chi connectivity index (χ3v) is 7.18. The molecule has 0 N–H and O–H groups in total. The normalized spacial score (nSPS) is 19.2. The Morgan fingerprint density at radius 2 is 1.68 bits per heavy atom. The molecular formula is C29H29F3N2. The lowest BCUT2D eigenvalue weighted by molar-refractivity contribution is -0.145. The smallest absolute Gasteiger partial charge is 0.236 e. The highest BCUT2D eigenvalue weighted by molar-refractivity contribution is 5.97. The first-order valence-corrected chi connectivity index (χ1v) is 12.0. The van der Waals surface area contributed by atoms with Gasteiger partial charge in [-0.2, -0.15) is 13.2 Å². The van der Waals surface area contributed by atoms with Crippen LogP contribution in [0.1, 0.15) is 63.5 Å². The monoisotopic (exact) mass is 462 g/mol. The second-order valence-electron chi connectivity index (χ2n) is 10.6. The van der Waals surface area contributed by atoms with Crippen LogP contribution in [0.4, 0.5) is 13.2 Å². The van der Waals surface area contributed by atoms with Gasteiger partial charge in [-0.15, -0.1) is 0 Å². The molecule has 1 saturated carbocycles. The van der Waals surface area contributed by atoms with Crippen LogP contribution < -0.4 is 0 Å². The molecule has 2 unspecified atom stereocenters. The summed E-state index contributed by atoms with van der Waals surface area (Å²) in [7, 11) is 0. The Balaban J connectivity index is 1.60. The molecule has 2 atom stereocenters. The summed E-state index contributed by atoms with van der Waals surface area (Å²) in [5, 5.41) is 3.32. The molecule has 0 amide bonds. The van der Waals surface area contributed by atoms with Crippen molar-refractivity contribution in [3.05, 3.63) is 72.1 Å². The molecule has 1 aliphatic carbocycles. The first-order valence-electron chi connectivity index (χ1n) is 12.0. The van der Waals surface area contributed by atoms with Crippen molar-refractivity contribution in [2.45, 2.75) is 64.0 Å². The van der Waals surface area contributed by atoms with E-state index in [2.05, 4.69) is 61.1 Å². The zero-order valence-corrected chi connectivity index (χ0v) is 19.8. The fourth-order valence-electron chi connectivity index (χ4n) is 5.62. The molecule has 4 aromatic rings. The number of alkyl halides is 3. The maximum Gasteiger partial charge on any atom is 0.389 e. The zero-order chi connectivity index (χ0) is 24.1. The van der Waals surface area contributed by atoms with Crippen LogP contribution in [0.25, 0.3) is 32.9 Å². The van der Waals surface area contributed by atoms with Gasteiger partial charge in [-0.25, -0.2) is 9.97 Å². The SMILES string of the molecule is CC(C)(C)c1cc(-c2ncnc3cc(C4CCCC4CC(F)(F)F)ccc23)cc2ccccc12. The lowest BCUT2D eigenvalue weighted by Gasteiger charge is -2.23. The van der Waals surface area contributed by atoms with Crippen LogP contribution in [0.3, 0.4) is 0 Å². The van der Waals surface area contributed by atoms with E-state index >= 15 is 0 Å². The average Bonchev–Trinajstić information content (AvgIpc) is 3.23. The molecule has 0 bridgehead atoms. The standard InChI is InChI=1S/C29H29F3N2/c1-28(2,3)25-14-21(13-18-7-4-5-9-23(18)25)27-24-12-11-19(15-26(24)33-17-34-27)22-10-6-8-20(22)16-29(30,31)32/h4-5,7,9,11-15,17,20,22H,6,8,10,16H2,1-3H3. The van der Waals surface area contributed by atoms with Gasteiger partial charge in [0, 0.05) is 17.4 Å². The number of halogens is 3. The predicted octanol–water partition coefficient (Wildman–Crippen LogP) is 8.58. The van der Waals surface area contributed by atoms with E-state index in [-0.39, 0.29) is 17.3 Å². The van der Waals surface area contributed by atoms with E-state index in [0.29, 0.717) is 6.42 Å². The fourth-order valence-corrected chi connectivity index (χ4v) is 5.62. The van der Waals surface area contributed by atoms with Gasteiger partial charge in [-0.05, 0) is 70.2 Å². The minimum Gasteiger partial charge on any atom is -0.236 e. The number of fused-ring (bicyclic) bond motifs is 2. The number of hydrogen-bond acceptors (Lipinski definition) is 2. The molecule has 0 saturated heterocycles. The number of hydrogen-bond donors (Lipinski definition) is 0. The summed E-state index contributed by atoms with van der Waals surface area (Å²) in [5.41, 5.74) is 4.83. The van der Waals surface area contributed by atoms with Gasteiger partial charge in [0.1, 0.15) is 6.33 Å². The van der Waals surface area contributed by atoms with Gasteiger partial charge in [0.15, 0.2) is 0 Å². The van der Waals surface area contributed by atoms with E-state index < -0.39 is 12.6 Å². The van der Waals surface area contributed by atoms with Crippen molar-refractivity contribution >= 4 is 21.7 Å². The molecule has 3 aromatic carbocycles. The van der Waals surface area contributed by atoms with Crippen LogP contribution in [0.5, 0.6) is 0 Å². The highest BCUT2D eigenvalue weighted by Gasteiger charge is 2.38. The summed E-state index contributed by atoms with van der Waals surface area (Å²) in [5.74, 6) is -0.425. The summed E-state index contributed by atoms with van der Waals surface area (Å²) in [6.45, 7) is 6.63. The number of aromatic nitrogens is 2. The number of nitrogens with zero attached hydrogens (tertiary/aromatic N) is 2. The first kappa shape index (κ1) is 22.8. The quantitative estimate of drug-likeness (QED) is 0.305. The van der Waals surface area contributed by atoms with Crippen molar-refractivity contribution in [1.29, 1.82) is 0 Å². The Bertz CT molecular complexity index is 1350. The Labute approximate surface area is 198 Å². The topological polar surface area (TPSA) is 25.8 Å². The molecule has 5 rings (SSSR count). The lowest BCUT2D eigenvalue weighted by atomic mass is 9.82. The third-order valence-electron chi connectivity index (χ3n) is 7.18. The largest absolute Gasteiger partial charge is 0.389 e. The number of benzene rings is 3. The van der Waals surface area contributed by atoms with E-state index in [0.717, 1.165) is 46.0 Å². The van der Waals surface area contributed by atoms with E-state index in [4.69, 9.17) is 0 Å². The maximum absolute atomic E-state index is 13.1. The fraction of sp³-hybridized carbons (Fsp3) is 0.379. The van der Waals surface area contributed by atoms with Crippen molar-refractivity contribution in [2.75, 3.05) is 0 Å². The zero-order valence-electron chi connectivity index (χ0n) is 19.8. The molecule has 0 aliphatic heterocycles. The molecular weight excluding hydrogens is 433 g/mol. The first-order chi connectivity index (χ1) is 16.1. The van der Waals surface area contributed by atoms with E-state index in [1.165, 1.54) is 10.9 Å². The molecule has 0 radical (unpaired) electrons. The van der Waals surface area contributed by atoms with Gasteiger partial charge >= 0.3 is 6.18 Å². The van der Waals surface area contributed by atoms with E-state index in [9.17, 15) is 13.2 Å². The Kier molecular flexibility index (Phi) is 5.62.